The molecule has 0 saturated heterocycles. The Labute approximate surface area is 101 Å². The molecule has 2 aromatic heterocycles. The van der Waals surface area contributed by atoms with Gasteiger partial charge in [-0.25, -0.2) is 4.98 Å². The number of anilines is 1. The molecule has 17 heavy (non-hydrogen) atoms. The molecule has 2 N–H and O–H groups in total. The predicted molar refractivity (Wildman–Crippen MR) is 67.7 cm³/mol. The molecular formula is C13H17N3O. The third kappa shape index (κ3) is 2.85. The van der Waals surface area contributed by atoms with Crippen molar-refractivity contribution in [3.05, 3.63) is 48.0 Å². The van der Waals surface area contributed by atoms with E-state index < -0.39 is 0 Å². The highest BCUT2D eigenvalue weighted by atomic mass is 16.3. The van der Waals surface area contributed by atoms with Crippen LogP contribution in [-0.4, -0.2) is 12.0 Å². The van der Waals surface area contributed by atoms with Crippen molar-refractivity contribution in [1.82, 2.24) is 4.98 Å². The third-order valence-electron chi connectivity index (χ3n) is 2.66. The molecule has 0 unspecified atom stereocenters. The fraction of sp³-hybridized carbons (Fsp3) is 0.308. The lowest BCUT2D eigenvalue weighted by atomic mass is 10.1. The zero-order valence-electron chi connectivity index (χ0n) is 10.1. The predicted octanol–water partition coefficient (Wildman–Crippen LogP) is 2.33. The second-order valence-electron chi connectivity index (χ2n) is 4.17. The van der Waals surface area contributed by atoms with E-state index in [4.69, 9.17) is 10.2 Å². The van der Waals surface area contributed by atoms with Crippen molar-refractivity contribution in [2.75, 3.05) is 11.9 Å². The molecule has 0 fully saturated rings. The molecule has 0 aliphatic heterocycles. The number of hydrogen-bond donors (Lipinski definition) is 1. The fourth-order valence-corrected chi connectivity index (χ4v) is 1.61. The normalized spacial score (nSPS) is 12.4. The molecule has 0 aliphatic rings. The highest BCUT2D eigenvalue weighted by Gasteiger charge is 2.06. The quantitative estimate of drug-likeness (QED) is 0.877. The summed E-state index contributed by atoms with van der Waals surface area (Å²) in [6.07, 6.45) is 3.49. The van der Waals surface area contributed by atoms with E-state index in [-0.39, 0.29) is 6.04 Å². The van der Waals surface area contributed by atoms with E-state index in [2.05, 4.69) is 4.98 Å². The maximum absolute atomic E-state index is 5.78. The number of nitrogens with two attached hydrogens (primary N) is 1. The zero-order valence-corrected chi connectivity index (χ0v) is 10.1. The van der Waals surface area contributed by atoms with Gasteiger partial charge in [-0.3, -0.25) is 0 Å². The van der Waals surface area contributed by atoms with Crippen molar-refractivity contribution in [2.24, 2.45) is 5.73 Å². The van der Waals surface area contributed by atoms with Crippen molar-refractivity contribution in [3.8, 4) is 0 Å². The van der Waals surface area contributed by atoms with Gasteiger partial charge in [-0.1, -0.05) is 6.07 Å². The highest BCUT2D eigenvalue weighted by molar-refractivity contribution is 5.39. The number of nitrogens with zero attached hydrogens (tertiary/aromatic N) is 2. The van der Waals surface area contributed by atoms with E-state index in [1.807, 2.05) is 49.3 Å². The summed E-state index contributed by atoms with van der Waals surface area (Å²) >= 11 is 0. The summed E-state index contributed by atoms with van der Waals surface area (Å²) in [6, 6.07) is 7.84. The smallest absolute Gasteiger partial charge is 0.128 e. The van der Waals surface area contributed by atoms with Gasteiger partial charge in [-0.15, -0.1) is 0 Å². The number of rotatable bonds is 4. The Bertz CT molecular complexity index is 448. The standard InChI is InChI=1S/C13H17N3O/c1-10(14)11-5-6-13(15-8-11)16(2)9-12-4-3-7-17-12/h3-8,10H,9,14H2,1-2H3/t10-/m1/s1. The molecule has 4 nitrogen and oxygen atoms in total. The molecule has 0 saturated carbocycles. The van der Waals surface area contributed by atoms with Gasteiger partial charge in [0.25, 0.3) is 0 Å². The van der Waals surface area contributed by atoms with Crippen LogP contribution in [0.2, 0.25) is 0 Å². The summed E-state index contributed by atoms with van der Waals surface area (Å²) in [5, 5.41) is 0. The Morgan fingerprint density at radius 2 is 2.24 bits per heavy atom. The molecule has 0 spiro atoms. The fourth-order valence-electron chi connectivity index (χ4n) is 1.61. The summed E-state index contributed by atoms with van der Waals surface area (Å²) in [7, 11) is 1.98. The average molecular weight is 231 g/mol. The molecule has 90 valence electrons. The van der Waals surface area contributed by atoms with Crippen molar-refractivity contribution in [2.45, 2.75) is 19.5 Å². The maximum atomic E-state index is 5.78. The van der Waals surface area contributed by atoms with Gasteiger partial charge in [0.1, 0.15) is 11.6 Å². The van der Waals surface area contributed by atoms with E-state index in [9.17, 15) is 0 Å². The van der Waals surface area contributed by atoms with Crippen LogP contribution in [-0.2, 0) is 6.54 Å². The van der Waals surface area contributed by atoms with E-state index >= 15 is 0 Å². The van der Waals surface area contributed by atoms with E-state index in [1.165, 1.54) is 0 Å². The van der Waals surface area contributed by atoms with Crippen molar-refractivity contribution in [3.63, 3.8) is 0 Å². The summed E-state index contributed by atoms with van der Waals surface area (Å²) in [6.45, 7) is 2.65. The van der Waals surface area contributed by atoms with Crippen LogP contribution < -0.4 is 10.6 Å². The van der Waals surface area contributed by atoms with Gasteiger partial charge in [0.05, 0.1) is 12.8 Å². The lowest BCUT2D eigenvalue weighted by Crippen LogP contribution is -2.17. The maximum Gasteiger partial charge on any atom is 0.128 e. The van der Waals surface area contributed by atoms with Gasteiger partial charge in [-0.2, -0.15) is 0 Å². The van der Waals surface area contributed by atoms with Crippen molar-refractivity contribution >= 4 is 5.82 Å². The lowest BCUT2D eigenvalue weighted by Gasteiger charge is -2.17. The lowest BCUT2D eigenvalue weighted by molar-refractivity contribution is 0.507. The monoisotopic (exact) mass is 231 g/mol. The molecule has 0 aromatic carbocycles. The van der Waals surface area contributed by atoms with Crippen LogP contribution in [0.1, 0.15) is 24.3 Å². The van der Waals surface area contributed by atoms with Crippen LogP contribution in [0.5, 0.6) is 0 Å². The number of aromatic nitrogens is 1. The minimum atomic E-state index is 0.0203. The number of furan rings is 1. The topological polar surface area (TPSA) is 55.3 Å². The van der Waals surface area contributed by atoms with E-state index in [0.29, 0.717) is 6.54 Å². The third-order valence-corrected chi connectivity index (χ3v) is 2.66. The summed E-state index contributed by atoms with van der Waals surface area (Å²) in [5.74, 6) is 1.83. The first-order valence-electron chi connectivity index (χ1n) is 5.62. The van der Waals surface area contributed by atoms with Gasteiger partial charge < -0.3 is 15.1 Å². The van der Waals surface area contributed by atoms with Gasteiger partial charge in [-0.05, 0) is 30.7 Å². The SMILES string of the molecule is C[C@@H](N)c1ccc(N(C)Cc2ccco2)nc1. The summed E-state index contributed by atoms with van der Waals surface area (Å²) < 4.78 is 5.30. The molecule has 4 heteroatoms. The first-order valence-corrected chi connectivity index (χ1v) is 5.62. The zero-order chi connectivity index (χ0) is 12.3. The minimum absolute atomic E-state index is 0.0203. The van der Waals surface area contributed by atoms with E-state index in [1.54, 1.807) is 6.26 Å². The van der Waals surface area contributed by atoms with Gasteiger partial charge >= 0.3 is 0 Å². The van der Waals surface area contributed by atoms with Crippen molar-refractivity contribution in [1.29, 1.82) is 0 Å². The van der Waals surface area contributed by atoms with E-state index in [0.717, 1.165) is 17.1 Å². The Balaban J connectivity index is 2.06. The van der Waals surface area contributed by atoms with Crippen LogP contribution in [0, 0.1) is 0 Å². The van der Waals surface area contributed by atoms with Crippen LogP contribution in [0.4, 0.5) is 5.82 Å². The molecule has 2 rings (SSSR count). The Hall–Kier alpha value is -1.81. The molecule has 1 atom stereocenters. The summed E-state index contributed by atoms with van der Waals surface area (Å²) in [5.41, 5.74) is 6.82. The van der Waals surface area contributed by atoms with Gasteiger partial charge in [0.15, 0.2) is 0 Å². The average Bonchev–Trinajstić information content (AvgIpc) is 2.82. The Morgan fingerprint density at radius 3 is 2.76 bits per heavy atom. The second kappa shape index (κ2) is 5.01. The molecule has 0 bridgehead atoms. The van der Waals surface area contributed by atoms with Crippen LogP contribution >= 0.6 is 0 Å². The molecule has 2 heterocycles. The largest absolute Gasteiger partial charge is 0.467 e. The number of hydrogen-bond acceptors (Lipinski definition) is 4. The van der Waals surface area contributed by atoms with Crippen molar-refractivity contribution < 1.29 is 4.42 Å². The van der Waals surface area contributed by atoms with Crippen LogP contribution in [0.3, 0.4) is 0 Å². The highest BCUT2D eigenvalue weighted by Crippen LogP contribution is 2.15. The molecule has 2 aromatic rings. The molecule has 0 aliphatic carbocycles. The Morgan fingerprint density at radius 1 is 1.41 bits per heavy atom. The van der Waals surface area contributed by atoms with Gasteiger partial charge in [0, 0.05) is 19.3 Å². The molecule has 0 radical (unpaired) electrons. The molecule has 0 amide bonds. The minimum Gasteiger partial charge on any atom is -0.467 e. The second-order valence-corrected chi connectivity index (χ2v) is 4.17. The van der Waals surface area contributed by atoms with Crippen LogP contribution in [0.15, 0.2) is 41.1 Å². The first kappa shape index (κ1) is 11.7. The number of pyridine rings is 1. The first-order chi connectivity index (χ1) is 8.16. The molecular weight excluding hydrogens is 214 g/mol. The van der Waals surface area contributed by atoms with Gasteiger partial charge in [0.2, 0.25) is 0 Å². The van der Waals surface area contributed by atoms with Crippen LogP contribution in [0.25, 0.3) is 0 Å². The summed E-state index contributed by atoms with van der Waals surface area (Å²) in [4.78, 5) is 6.42. The Kier molecular flexibility index (Phi) is 3.44.